The van der Waals surface area contributed by atoms with Crippen LogP contribution in [0, 0.1) is 26.7 Å². The average molecular weight is 392 g/mol. The van der Waals surface area contributed by atoms with E-state index in [1.807, 2.05) is 45.9 Å². The molecule has 0 saturated heterocycles. The van der Waals surface area contributed by atoms with Crippen LogP contribution < -0.4 is 5.32 Å². The van der Waals surface area contributed by atoms with Gasteiger partial charge < -0.3 is 10.1 Å². The van der Waals surface area contributed by atoms with Gasteiger partial charge in [0.15, 0.2) is 6.10 Å². The van der Waals surface area contributed by atoms with Gasteiger partial charge in [0.1, 0.15) is 10.7 Å². The van der Waals surface area contributed by atoms with E-state index in [4.69, 9.17) is 16.3 Å². The van der Waals surface area contributed by atoms with Gasteiger partial charge in [-0.05, 0) is 50.8 Å². The first-order valence-electron chi connectivity index (χ1n) is 8.92. The van der Waals surface area contributed by atoms with Crippen LogP contribution in [-0.4, -0.2) is 27.8 Å². The normalized spacial score (nSPS) is 12.1. The third-order valence-corrected chi connectivity index (χ3v) is 4.50. The second-order valence-corrected chi connectivity index (χ2v) is 7.54. The zero-order valence-corrected chi connectivity index (χ0v) is 17.3. The zero-order valence-electron chi connectivity index (χ0n) is 16.6. The van der Waals surface area contributed by atoms with Gasteiger partial charge in [0.05, 0.1) is 5.69 Å². The van der Waals surface area contributed by atoms with E-state index in [1.165, 1.54) is 6.92 Å². The molecule has 1 N–H and O–H groups in total. The molecule has 0 bridgehead atoms. The first-order valence-corrected chi connectivity index (χ1v) is 9.30. The molecule has 1 aromatic heterocycles. The highest BCUT2D eigenvalue weighted by molar-refractivity contribution is 6.32. The van der Waals surface area contributed by atoms with Crippen molar-refractivity contribution in [1.29, 1.82) is 0 Å². The molecule has 0 radical (unpaired) electrons. The number of hydrogen-bond acceptors (Lipinski definition) is 4. The molecule has 2 rings (SSSR count). The summed E-state index contributed by atoms with van der Waals surface area (Å²) in [6, 6.07) is 5.76. The molecule has 6 nitrogen and oxygen atoms in total. The van der Waals surface area contributed by atoms with Gasteiger partial charge >= 0.3 is 5.97 Å². The van der Waals surface area contributed by atoms with Crippen molar-refractivity contribution < 1.29 is 14.3 Å². The lowest BCUT2D eigenvalue weighted by Crippen LogP contribution is -2.30. The van der Waals surface area contributed by atoms with E-state index in [0.29, 0.717) is 23.8 Å². The highest BCUT2D eigenvalue weighted by Gasteiger charge is 2.26. The summed E-state index contributed by atoms with van der Waals surface area (Å²) in [5.41, 5.74) is 3.33. The maximum atomic E-state index is 12.5. The monoisotopic (exact) mass is 391 g/mol. The fraction of sp³-hybridized carbons (Fsp3) is 0.450. The molecule has 0 spiro atoms. The van der Waals surface area contributed by atoms with E-state index in [0.717, 1.165) is 11.1 Å². The van der Waals surface area contributed by atoms with Crippen LogP contribution in [0.2, 0.25) is 5.15 Å². The summed E-state index contributed by atoms with van der Waals surface area (Å²) in [6.07, 6.45) is -0.971. The standard InChI is InChI=1S/C20H26ClN3O3/c1-11(2)10-24-18(21)17(14(5)23-24)20(26)27-15(6)19(25)22-16-9-12(3)7-8-13(16)4/h7-9,11,15H,10H2,1-6H3,(H,22,25)/t15-/m0/s1. The molecule has 1 heterocycles. The minimum absolute atomic E-state index is 0.198. The smallest absolute Gasteiger partial charge is 0.343 e. The van der Waals surface area contributed by atoms with E-state index in [2.05, 4.69) is 10.4 Å². The summed E-state index contributed by atoms with van der Waals surface area (Å²) in [7, 11) is 0. The van der Waals surface area contributed by atoms with Crippen molar-refractivity contribution in [2.75, 3.05) is 5.32 Å². The lowest BCUT2D eigenvalue weighted by atomic mass is 10.1. The number of hydrogen-bond donors (Lipinski definition) is 1. The number of carbonyl (C=O) groups is 2. The van der Waals surface area contributed by atoms with Gasteiger partial charge in [-0.2, -0.15) is 5.10 Å². The van der Waals surface area contributed by atoms with Gasteiger partial charge in [-0.3, -0.25) is 9.48 Å². The summed E-state index contributed by atoms with van der Waals surface area (Å²) in [4.78, 5) is 25.0. The summed E-state index contributed by atoms with van der Waals surface area (Å²) in [5, 5.41) is 7.32. The number of nitrogens with zero attached hydrogens (tertiary/aromatic N) is 2. The number of aromatic nitrogens is 2. The molecule has 0 aliphatic carbocycles. The Kier molecular flexibility index (Phi) is 6.65. The van der Waals surface area contributed by atoms with Crippen LogP contribution in [0.3, 0.4) is 0 Å². The Morgan fingerprint density at radius 2 is 1.89 bits per heavy atom. The van der Waals surface area contributed by atoms with Crippen LogP contribution >= 0.6 is 11.6 Å². The number of anilines is 1. The molecule has 1 aromatic carbocycles. The number of amides is 1. The summed E-state index contributed by atoms with van der Waals surface area (Å²) in [5.74, 6) is -0.732. The Bertz CT molecular complexity index is 858. The first kappa shape index (κ1) is 21.0. The van der Waals surface area contributed by atoms with Crippen molar-refractivity contribution in [3.8, 4) is 0 Å². The van der Waals surface area contributed by atoms with Crippen LogP contribution in [0.25, 0.3) is 0 Å². The molecule has 2 aromatic rings. The molecule has 1 atom stereocenters. The van der Waals surface area contributed by atoms with Crippen molar-refractivity contribution in [3.05, 3.63) is 45.7 Å². The van der Waals surface area contributed by atoms with E-state index < -0.39 is 18.0 Å². The van der Waals surface area contributed by atoms with Crippen molar-refractivity contribution in [2.24, 2.45) is 5.92 Å². The quantitative estimate of drug-likeness (QED) is 0.745. The zero-order chi connectivity index (χ0) is 20.3. The lowest BCUT2D eigenvalue weighted by molar-refractivity contribution is -0.123. The molecule has 7 heteroatoms. The number of carbonyl (C=O) groups excluding carboxylic acids is 2. The summed E-state index contributed by atoms with van der Waals surface area (Å²) in [6.45, 7) is 11.7. The van der Waals surface area contributed by atoms with Gasteiger partial charge in [-0.25, -0.2) is 4.79 Å². The molecule has 0 unspecified atom stereocenters. The number of aryl methyl sites for hydroxylation is 3. The van der Waals surface area contributed by atoms with Gasteiger partial charge in [-0.15, -0.1) is 0 Å². The number of benzene rings is 1. The number of esters is 1. The fourth-order valence-electron chi connectivity index (χ4n) is 2.63. The molecule has 27 heavy (non-hydrogen) atoms. The van der Waals surface area contributed by atoms with Gasteiger partial charge in [0.2, 0.25) is 0 Å². The fourth-order valence-corrected chi connectivity index (χ4v) is 2.95. The third kappa shape index (κ3) is 5.10. The van der Waals surface area contributed by atoms with Crippen LogP contribution in [0.5, 0.6) is 0 Å². The predicted molar refractivity (Wildman–Crippen MR) is 106 cm³/mol. The third-order valence-electron chi connectivity index (χ3n) is 4.11. The highest BCUT2D eigenvalue weighted by Crippen LogP contribution is 2.23. The second-order valence-electron chi connectivity index (χ2n) is 7.18. The van der Waals surface area contributed by atoms with Crippen molar-refractivity contribution in [2.45, 2.75) is 54.2 Å². The van der Waals surface area contributed by atoms with E-state index in [1.54, 1.807) is 11.6 Å². The Balaban J connectivity index is 2.10. The largest absolute Gasteiger partial charge is 0.449 e. The summed E-state index contributed by atoms with van der Waals surface area (Å²) < 4.78 is 6.91. The molecule has 0 aliphatic rings. The van der Waals surface area contributed by atoms with Crippen LogP contribution in [-0.2, 0) is 16.1 Å². The minimum atomic E-state index is -0.971. The summed E-state index contributed by atoms with van der Waals surface area (Å²) >= 11 is 6.30. The number of rotatable bonds is 6. The Morgan fingerprint density at radius 1 is 1.22 bits per heavy atom. The number of halogens is 1. The maximum Gasteiger partial charge on any atom is 0.343 e. The molecule has 1 amide bonds. The van der Waals surface area contributed by atoms with E-state index in [9.17, 15) is 9.59 Å². The van der Waals surface area contributed by atoms with Crippen LogP contribution in [0.1, 0.15) is 48.0 Å². The second kappa shape index (κ2) is 8.57. The topological polar surface area (TPSA) is 73.2 Å². The Morgan fingerprint density at radius 3 is 2.52 bits per heavy atom. The minimum Gasteiger partial charge on any atom is -0.449 e. The van der Waals surface area contributed by atoms with E-state index >= 15 is 0 Å². The van der Waals surface area contributed by atoms with Gasteiger partial charge in [0.25, 0.3) is 5.91 Å². The highest BCUT2D eigenvalue weighted by atomic mass is 35.5. The Hall–Kier alpha value is -2.34. The molecule has 0 aliphatic heterocycles. The van der Waals surface area contributed by atoms with E-state index in [-0.39, 0.29) is 10.7 Å². The van der Waals surface area contributed by atoms with Crippen LogP contribution in [0.4, 0.5) is 5.69 Å². The Labute approximate surface area is 164 Å². The van der Waals surface area contributed by atoms with Crippen molar-refractivity contribution in [1.82, 2.24) is 9.78 Å². The van der Waals surface area contributed by atoms with Crippen LogP contribution in [0.15, 0.2) is 18.2 Å². The number of ether oxygens (including phenoxy) is 1. The molecule has 146 valence electrons. The first-order chi connectivity index (χ1) is 12.6. The predicted octanol–water partition coefficient (Wildman–Crippen LogP) is 4.30. The molecule has 0 saturated carbocycles. The number of nitrogens with one attached hydrogen (secondary N) is 1. The SMILES string of the molecule is Cc1ccc(C)c(NC(=O)[C@H](C)OC(=O)c2c(C)nn(CC(C)C)c2Cl)c1. The van der Waals surface area contributed by atoms with Gasteiger partial charge in [0, 0.05) is 12.2 Å². The maximum absolute atomic E-state index is 12.5. The molecular weight excluding hydrogens is 366 g/mol. The lowest BCUT2D eigenvalue weighted by Gasteiger charge is -2.15. The molecule has 0 fully saturated rings. The van der Waals surface area contributed by atoms with Gasteiger partial charge in [-0.1, -0.05) is 37.6 Å². The molecular formula is C20H26ClN3O3. The van der Waals surface area contributed by atoms with Crippen molar-refractivity contribution >= 4 is 29.2 Å². The van der Waals surface area contributed by atoms with Crippen molar-refractivity contribution in [3.63, 3.8) is 0 Å². The average Bonchev–Trinajstić information content (AvgIpc) is 2.83.